The first-order valence-electron chi connectivity index (χ1n) is 8.77. The Morgan fingerprint density at radius 1 is 1.15 bits per heavy atom. The molecule has 1 N–H and O–H groups in total. The summed E-state index contributed by atoms with van der Waals surface area (Å²) in [6, 6.07) is 5.82. The number of nitrogens with one attached hydrogen (secondary N) is 1. The van der Waals surface area contributed by atoms with Crippen LogP contribution in [0.4, 0.5) is 5.69 Å². The Hall–Kier alpha value is -1.93. The van der Waals surface area contributed by atoms with Gasteiger partial charge < -0.3 is 10.1 Å². The second-order valence-corrected chi connectivity index (χ2v) is 8.86. The van der Waals surface area contributed by atoms with Gasteiger partial charge >= 0.3 is 5.97 Å². The van der Waals surface area contributed by atoms with Gasteiger partial charge in [0, 0.05) is 26.2 Å². The first-order chi connectivity index (χ1) is 12.3. The van der Waals surface area contributed by atoms with Gasteiger partial charge in [0.15, 0.2) is 6.61 Å². The minimum absolute atomic E-state index is 0.138. The third kappa shape index (κ3) is 5.81. The maximum atomic E-state index is 12.0. The number of carbonyl (C=O) groups is 2. The quantitative estimate of drug-likeness (QED) is 0.697. The topological polar surface area (TPSA) is 92.8 Å². The highest BCUT2D eigenvalue weighted by Gasteiger charge is 2.18. The molecule has 1 fully saturated rings. The summed E-state index contributed by atoms with van der Waals surface area (Å²) < 4.78 is 30.1. The highest BCUT2D eigenvalue weighted by molar-refractivity contribution is 7.89. The van der Waals surface area contributed by atoms with E-state index in [1.807, 2.05) is 0 Å². The molecule has 0 aliphatic heterocycles. The number of carbonyl (C=O) groups excluding carboxylic acids is 2. The van der Waals surface area contributed by atoms with E-state index in [0.717, 1.165) is 10.7 Å². The van der Waals surface area contributed by atoms with Gasteiger partial charge in [-0.2, -0.15) is 0 Å². The number of rotatable bonds is 8. The Labute approximate surface area is 154 Å². The summed E-state index contributed by atoms with van der Waals surface area (Å²) in [7, 11) is -0.605. The molecule has 0 unspecified atom stereocenters. The Kier molecular flexibility index (Phi) is 7.16. The molecule has 1 aromatic rings. The smallest absolute Gasteiger partial charge is 0.306 e. The van der Waals surface area contributed by atoms with E-state index >= 15 is 0 Å². The Morgan fingerprint density at radius 3 is 2.35 bits per heavy atom. The van der Waals surface area contributed by atoms with Crippen LogP contribution in [0.3, 0.4) is 0 Å². The van der Waals surface area contributed by atoms with E-state index in [2.05, 4.69) is 5.32 Å². The minimum atomic E-state index is -3.51. The minimum Gasteiger partial charge on any atom is -0.456 e. The third-order valence-corrected chi connectivity index (χ3v) is 6.34. The summed E-state index contributed by atoms with van der Waals surface area (Å²) in [5.41, 5.74) is 0.440. The molecule has 0 bridgehead atoms. The van der Waals surface area contributed by atoms with Gasteiger partial charge in [0.2, 0.25) is 10.0 Å². The summed E-state index contributed by atoms with van der Waals surface area (Å²) in [6.45, 7) is -0.346. The highest BCUT2D eigenvalue weighted by Crippen LogP contribution is 2.28. The number of ether oxygens (including phenoxy) is 1. The largest absolute Gasteiger partial charge is 0.456 e. The number of sulfonamides is 1. The van der Waals surface area contributed by atoms with E-state index in [1.165, 1.54) is 64.0 Å². The van der Waals surface area contributed by atoms with E-state index in [-0.39, 0.29) is 17.5 Å². The lowest BCUT2D eigenvalue weighted by Crippen LogP contribution is -2.22. The van der Waals surface area contributed by atoms with Crippen LogP contribution < -0.4 is 5.32 Å². The molecule has 1 amide bonds. The molecule has 7 nitrogen and oxygen atoms in total. The van der Waals surface area contributed by atoms with Crippen LogP contribution in [-0.2, 0) is 24.3 Å². The van der Waals surface area contributed by atoms with E-state index in [9.17, 15) is 18.0 Å². The summed E-state index contributed by atoms with van der Waals surface area (Å²) in [6.07, 6.45) is 5.98. The number of hydrogen-bond donors (Lipinski definition) is 1. The SMILES string of the molecule is CN(C)S(=O)(=O)c1ccc(NC(=O)COC(=O)CCC2CCCC2)cc1. The van der Waals surface area contributed by atoms with E-state index in [4.69, 9.17) is 4.74 Å². The fourth-order valence-corrected chi connectivity index (χ4v) is 3.86. The van der Waals surface area contributed by atoms with E-state index in [0.29, 0.717) is 18.0 Å². The first-order valence-corrected chi connectivity index (χ1v) is 10.2. The Morgan fingerprint density at radius 2 is 1.77 bits per heavy atom. The normalized spacial score (nSPS) is 15.2. The van der Waals surface area contributed by atoms with Crippen LogP contribution in [0.2, 0.25) is 0 Å². The predicted molar refractivity (Wildman–Crippen MR) is 98.1 cm³/mol. The molecule has 0 heterocycles. The van der Waals surface area contributed by atoms with Gasteiger partial charge in [-0.1, -0.05) is 25.7 Å². The van der Waals surface area contributed by atoms with E-state index < -0.39 is 15.9 Å². The van der Waals surface area contributed by atoms with E-state index in [1.54, 1.807) is 0 Å². The van der Waals surface area contributed by atoms with Gasteiger partial charge in [-0.25, -0.2) is 12.7 Å². The second kappa shape index (κ2) is 9.14. The average molecular weight is 382 g/mol. The summed E-state index contributed by atoms with van der Waals surface area (Å²) in [5.74, 6) is -0.213. The number of anilines is 1. The van der Waals surface area contributed by atoms with Crippen molar-refractivity contribution in [3.8, 4) is 0 Å². The van der Waals surface area contributed by atoms with Crippen molar-refractivity contribution in [1.29, 1.82) is 0 Å². The van der Waals surface area contributed by atoms with Gasteiger partial charge in [0.25, 0.3) is 5.91 Å². The summed E-state index contributed by atoms with van der Waals surface area (Å²) >= 11 is 0. The summed E-state index contributed by atoms with van der Waals surface area (Å²) in [5, 5.41) is 2.58. The monoisotopic (exact) mass is 382 g/mol. The molecule has 0 atom stereocenters. The van der Waals surface area contributed by atoms with Crippen molar-refractivity contribution in [3.63, 3.8) is 0 Å². The molecule has 0 saturated heterocycles. The van der Waals surface area contributed by atoms with Crippen molar-refractivity contribution >= 4 is 27.6 Å². The molecular formula is C18H26N2O5S. The van der Waals surface area contributed by atoms with Crippen molar-refractivity contribution in [2.24, 2.45) is 5.92 Å². The number of amides is 1. The van der Waals surface area contributed by atoms with Crippen molar-refractivity contribution < 1.29 is 22.7 Å². The molecule has 144 valence electrons. The Bertz CT molecular complexity index is 722. The number of nitrogens with zero attached hydrogens (tertiary/aromatic N) is 1. The zero-order valence-electron chi connectivity index (χ0n) is 15.2. The molecule has 0 aromatic heterocycles. The Balaban J connectivity index is 1.76. The number of benzene rings is 1. The number of esters is 1. The van der Waals surface area contributed by atoms with Gasteiger partial charge in [0.1, 0.15) is 0 Å². The fourth-order valence-electron chi connectivity index (χ4n) is 2.96. The maximum absolute atomic E-state index is 12.0. The fraction of sp³-hybridized carbons (Fsp3) is 0.556. The summed E-state index contributed by atoms with van der Waals surface area (Å²) in [4.78, 5) is 23.7. The first kappa shape index (κ1) is 20.4. The molecule has 8 heteroatoms. The van der Waals surface area contributed by atoms with Gasteiger partial charge in [0.05, 0.1) is 4.90 Å². The van der Waals surface area contributed by atoms with Crippen LogP contribution in [0.15, 0.2) is 29.2 Å². The molecule has 1 aromatic carbocycles. The van der Waals surface area contributed by atoms with Gasteiger partial charge in [-0.05, 0) is 36.6 Å². The lowest BCUT2D eigenvalue weighted by molar-refractivity contribution is -0.147. The molecular weight excluding hydrogens is 356 g/mol. The van der Waals surface area contributed by atoms with Crippen LogP contribution in [-0.4, -0.2) is 45.3 Å². The molecule has 26 heavy (non-hydrogen) atoms. The number of hydrogen-bond acceptors (Lipinski definition) is 5. The maximum Gasteiger partial charge on any atom is 0.306 e. The molecule has 2 rings (SSSR count). The zero-order chi connectivity index (χ0) is 19.2. The van der Waals surface area contributed by atoms with Crippen LogP contribution >= 0.6 is 0 Å². The molecule has 1 aliphatic rings. The standard InChI is InChI=1S/C18H26N2O5S/c1-20(2)26(23,24)16-10-8-15(9-11-16)19-17(21)13-25-18(22)12-7-14-5-3-4-6-14/h8-11,14H,3-7,12-13H2,1-2H3,(H,19,21). The molecule has 1 saturated carbocycles. The molecule has 0 radical (unpaired) electrons. The average Bonchev–Trinajstić information content (AvgIpc) is 3.12. The highest BCUT2D eigenvalue weighted by atomic mass is 32.2. The molecule has 0 spiro atoms. The van der Waals surface area contributed by atoms with Crippen molar-refractivity contribution in [2.75, 3.05) is 26.0 Å². The van der Waals surface area contributed by atoms with Crippen LogP contribution in [0.5, 0.6) is 0 Å². The predicted octanol–water partition coefficient (Wildman–Crippen LogP) is 2.39. The van der Waals surface area contributed by atoms with Gasteiger partial charge in [-0.3, -0.25) is 9.59 Å². The molecule has 1 aliphatic carbocycles. The van der Waals surface area contributed by atoms with Crippen LogP contribution in [0.1, 0.15) is 38.5 Å². The van der Waals surface area contributed by atoms with Crippen molar-refractivity contribution in [1.82, 2.24) is 4.31 Å². The lowest BCUT2D eigenvalue weighted by Gasteiger charge is -2.12. The van der Waals surface area contributed by atoms with Crippen LogP contribution in [0.25, 0.3) is 0 Å². The lowest BCUT2D eigenvalue weighted by atomic mass is 10.0. The zero-order valence-corrected chi connectivity index (χ0v) is 16.0. The van der Waals surface area contributed by atoms with Crippen LogP contribution in [0, 0.1) is 5.92 Å². The third-order valence-electron chi connectivity index (χ3n) is 4.51. The van der Waals surface area contributed by atoms with Gasteiger partial charge in [-0.15, -0.1) is 0 Å². The van der Waals surface area contributed by atoms with Crippen molar-refractivity contribution in [3.05, 3.63) is 24.3 Å². The van der Waals surface area contributed by atoms with Crippen molar-refractivity contribution in [2.45, 2.75) is 43.4 Å². The second-order valence-electron chi connectivity index (χ2n) is 6.71.